The van der Waals surface area contributed by atoms with E-state index in [1.807, 2.05) is 0 Å². The van der Waals surface area contributed by atoms with Gasteiger partial charge in [-0.1, -0.05) is 18.2 Å². The number of carbonyl (C=O) groups excluding carboxylic acids is 2. The number of allylic oxidation sites excluding steroid dienone is 2. The fourth-order valence-electron chi connectivity index (χ4n) is 2.61. The first-order valence-electron chi connectivity index (χ1n) is 7.27. The normalized spacial score (nSPS) is 13.9. The standard InChI is InChI=1S/C18H14O6S/c1-23-11-8-13-14(19)10-16(18(20)17(13)15(9-11)24-2)25(21,22)12-6-4-3-5-7-12/h3-10H,1-2H3. The van der Waals surface area contributed by atoms with Crippen LogP contribution in [-0.4, -0.2) is 34.2 Å². The molecule has 25 heavy (non-hydrogen) atoms. The quantitative estimate of drug-likeness (QED) is 0.834. The summed E-state index contributed by atoms with van der Waals surface area (Å²) in [7, 11) is -1.38. The molecule has 1 aliphatic rings. The zero-order valence-corrected chi connectivity index (χ0v) is 14.3. The molecule has 0 aliphatic heterocycles. The highest BCUT2D eigenvalue weighted by Gasteiger charge is 2.37. The van der Waals surface area contributed by atoms with Crippen molar-refractivity contribution in [3.63, 3.8) is 0 Å². The number of sulfone groups is 1. The summed E-state index contributed by atoms with van der Waals surface area (Å²) in [5.41, 5.74) is -0.0292. The number of fused-ring (bicyclic) bond motifs is 1. The van der Waals surface area contributed by atoms with Crippen LogP contribution in [0.5, 0.6) is 11.5 Å². The van der Waals surface area contributed by atoms with Crippen molar-refractivity contribution in [1.82, 2.24) is 0 Å². The van der Waals surface area contributed by atoms with Gasteiger partial charge in [-0.05, 0) is 18.2 Å². The Morgan fingerprint density at radius 1 is 0.920 bits per heavy atom. The Balaban J connectivity index is 2.21. The number of carbonyl (C=O) groups is 2. The van der Waals surface area contributed by atoms with E-state index in [2.05, 4.69) is 0 Å². The summed E-state index contributed by atoms with van der Waals surface area (Å²) in [4.78, 5) is 24.7. The molecule has 2 aromatic carbocycles. The van der Waals surface area contributed by atoms with Gasteiger partial charge in [0.05, 0.1) is 24.7 Å². The summed E-state index contributed by atoms with van der Waals surface area (Å²) in [6.45, 7) is 0. The van der Waals surface area contributed by atoms with Gasteiger partial charge in [0.15, 0.2) is 5.78 Å². The lowest BCUT2D eigenvalue weighted by Gasteiger charge is -2.19. The van der Waals surface area contributed by atoms with Crippen molar-refractivity contribution in [2.45, 2.75) is 4.90 Å². The molecule has 0 saturated carbocycles. The van der Waals surface area contributed by atoms with Crippen molar-refractivity contribution >= 4 is 21.4 Å². The Kier molecular flexibility index (Phi) is 4.18. The summed E-state index contributed by atoms with van der Waals surface area (Å²) in [5.74, 6) is -0.958. The first-order valence-corrected chi connectivity index (χ1v) is 8.75. The van der Waals surface area contributed by atoms with Crippen LogP contribution in [0, 0.1) is 0 Å². The van der Waals surface area contributed by atoms with Crippen molar-refractivity contribution in [2.75, 3.05) is 14.2 Å². The van der Waals surface area contributed by atoms with Gasteiger partial charge >= 0.3 is 0 Å². The molecule has 0 aromatic heterocycles. The van der Waals surface area contributed by atoms with E-state index < -0.39 is 26.3 Å². The van der Waals surface area contributed by atoms with E-state index >= 15 is 0 Å². The van der Waals surface area contributed by atoms with Gasteiger partial charge in [0.25, 0.3) is 0 Å². The summed E-state index contributed by atoms with van der Waals surface area (Å²) in [6, 6.07) is 10.3. The summed E-state index contributed by atoms with van der Waals surface area (Å²) in [5, 5.41) is 0. The average Bonchev–Trinajstić information content (AvgIpc) is 2.64. The molecule has 0 N–H and O–H groups in total. The highest BCUT2D eigenvalue weighted by Crippen LogP contribution is 2.36. The van der Waals surface area contributed by atoms with E-state index in [-0.39, 0.29) is 21.8 Å². The number of hydrogen-bond acceptors (Lipinski definition) is 6. The predicted octanol–water partition coefficient (Wildman–Crippen LogP) is 2.44. The molecule has 2 aromatic rings. The second kappa shape index (κ2) is 6.18. The molecular weight excluding hydrogens is 344 g/mol. The topological polar surface area (TPSA) is 86.7 Å². The number of benzene rings is 2. The van der Waals surface area contributed by atoms with Crippen molar-refractivity contribution in [3.05, 3.63) is 64.6 Å². The maximum atomic E-state index is 12.8. The van der Waals surface area contributed by atoms with Crippen LogP contribution in [0.15, 0.2) is 58.3 Å². The highest BCUT2D eigenvalue weighted by atomic mass is 32.2. The number of hydrogen-bond donors (Lipinski definition) is 0. The zero-order valence-electron chi connectivity index (χ0n) is 13.5. The fraction of sp³-hybridized carbons (Fsp3) is 0.111. The van der Waals surface area contributed by atoms with Crippen molar-refractivity contribution in [2.24, 2.45) is 0 Å². The van der Waals surface area contributed by atoms with Crippen LogP contribution in [0.1, 0.15) is 20.7 Å². The van der Waals surface area contributed by atoms with E-state index in [1.165, 1.54) is 38.5 Å². The maximum absolute atomic E-state index is 12.8. The van der Waals surface area contributed by atoms with Crippen LogP contribution in [0.25, 0.3) is 0 Å². The highest BCUT2D eigenvalue weighted by molar-refractivity contribution is 7.96. The van der Waals surface area contributed by atoms with Crippen molar-refractivity contribution in [1.29, 1.82) is 0 Å². The Hall–Kier alpha value is -2.93. The van der Waals surface area contributed by atoms with Crippen LogP contribution in [0.2, 0.25) is 0 Å². The lowest BCUT2D eigenvalue weighted by molar-refractivity contribution is 0.0987. The van der Waals surface area contributed by atoms with Gasteiger partial charge in [-0.15, -0.1) is 0 Å². The molecule has 0 unspecified atom stereocenters. The number of Topliss-reactive ketones (excluding diaryl/α,β-unsaturated/α-hetero) is 1. The van der Waals surface area contributed by atoms with Gasteiger partial charge in [-0.2, -0.15) is 0 Å². The van der Waals surface area contributed by atoms with Gasteiger partial charge < -0.3 is 9.47 Å². The minimum atomic E-state index is -4.12. The SMILES string of the molecule is COc1cc(OC)c2c(c1)C(=O)C=C(S(=O)(=O)c1ccccc1)C2=O. The fourth-order valence-corrected chi connectivity index (χ4v) is 3.99. The third kappa shape index (κ3) is 2.72. The summed E-state index contributed by atoms with van der Waals surface area (Å²) >= 11 is 0. The van der Waals surface area contributed by atoms with Crippen LogP contribution in [-0.2, 0) is 9.84 Å². The van der Waals surface area contributed by atoms with Crippen LogP contribution in [0.4, 0.5) is 0 Å². The van der Waals surface area contributed by atoms with E-state index in [4.69, 9.17) is 9.47 Å². The van der Waals surface area contributed by atoms with Crippen LogP contribution < -0.4 is 9.47 Å². The second-order valence-corrected chi connectivity index (χ2v) is 7.19. The number of rotatable bonds is 4. The maximum Gasteiger partial charge on any atom is 0.210 e. The molecule has 0 spiro atoms. The van der Waals surface area contributed by atoms with Gasteiger partial charge in [-0.25, -0.2) is 8.42 Å². The lowest BCUT2D eigenvalue weighted by atomic mass is 9.93. The molecule has 6 nitrogen and oxygen atoms in total. The zero-order chi connectivity index (χ0) is 18.2. The molecule has 0 bridgehead atoms. The van der Waals surface area contributed by atoms with Crippen molar-refractivity contribution < 1.29 is 27.5 Å². The largest absolute Gasteiger partial charge is 0.497 e. The minimum absolute atomic E-state index is 0.0493. The predicted molar refractivity (Wildman–Crippen MR) is 89.9 cm³/mol. The molecule has 0 amide bonds. The lowest BCUT2D eigenvalue weighted by Crippen LogP contribution is -2.23. The molecular formula is C18H14O6S. The van der Waals surface area contributed by atoms with E-state index in [0.717, 1.165) is 6.08 Å². The average molecular weight is 358 g/mol. The summed E-state index contributed by atoms with van der Waals surface area (Å²) < 4.78 is 35.8. The minimum Gasteiger partial charge on any atom is -0.497 e. The molecule has 3 rings (SSSR count). The molecule has 0 fully saturated rings. The van der Waals surface area contributed by atoms with Crippen LogP contribution in [0.3, 0.4) is 0 Å². The van der Waals surface area contributed by atoms with Gasteiger partial charge in [0, 0.05) is 17.7 Å². The van der Waals surface area contributed by atoms with E-state index in [1.54, 1.807) is 18.2 Å². The first kappa shape index (κ1) is 16.9. The first-order chi connectivity index (χ1) is 11.9. The summed E-state index contributed by atoms with van der Waals surface area (Å²) in [6.07, 6.45) is 0.853. The number of methoxy groups -OCH3 is 2. The molecule has 1 aliphatic carbocycles. The molecule has 0 heterocycles. The third-order valence-corrected chi connectivity index (χ3v) is 5.63. The second-order valence-electron chi connectivity index (χ2n) is 5.27. The van der Waals surface area contributed by atoms with Gasteiger partial charge in [0.1, 0.15) is 16.4 Å². The Morgan fingerprint density at radius 2 is 1.60 bits per heavy atom. The molecule has 128 valence electrons. The van der Waals surface area contributed by atoms with E-state index in [0.29, 0.717) is 5.75 Å². The molecule has 0 saturated heterocycles. The monoisotopic (exact) mass is 358 g/mol. The smallest absolute Gasteiger partial charge is 0.210 e. The molecule has 0 atom stereocenters. The van der Waals surface area contributed by atoms with Gasteiger partial charge in [-0.3, -0.25) is 9.59 Å². The Morgan fingerprint density at radius 3 is 2.20 bits per heavy atom. The molecule has 0 radical (unpaired) electrons. The molecule has 7 heteroatoms. The number of ether oxygens (including phenoxy) is 2. The Labute approximate surface area is 144 Å². The number of ketones is 2. The van der Waals surface area contributed by atoms with E-state index in [9.17, 15) is 18.0 Å². The third-order valence-electron chi connectivity index (χ3n) is 3.85. The van der Waals surface area contributed by atoms with Crippen molar-refractivity contribution in [3.8, 4) is 11.5 Å². The van der Waals surface area contributed by atoms with Gasteiger partial charge in [0.2, 0.25) is 15.6 Å². The Bertz CT molecular complexity index is 1000. The van der Waals surface area contributed by atoms with Crippen LogP contribution >= 0.6 is 0 Å².